The van der Waals surface area contributed by atoms with E-state index >= 15 is 0 Å². The van der Waals surface area contributed by atoms with E-state index in [-0.39, 0.29) is 24.3 Å². The quantitative estimate of drug-likeness (QED) is 0.429. The molecule has 0 spiro atoms. The molecular weight excluding hydrogens is 294 g/mol. The molecule has 0 heterocycles. The van der Waals surface area contributed by atoms with Gasteiger partial charge < -0.3 is 14.2 Å². The van der Waals surface area contributed by atoms with Crippen LogP contribution in [-0.4, -0.2) is 38.2 Å². The van der Waals surface area contributed by atoms with Crippen LogP contribution in [0, 0.1) is 10.1 Å². The van der Waals surface area contributed by atoms with Crippen molar-refractivity contribution in [1.82, 2.24) is 0 Å². The van der Waals surface area contributed by atoms with Crippen LogP contribution in [0.25, 0.3) is 0 Å². The number of carbonyl (C=O) groups excluding carboxylic acids is 2. The predicted molar refractivity (Wildman–Crippen MR) is 75.7 cm³/mol. The molecule has 1 aromatic rings. The normalized spacial score (nSPS) is 10.2. The standard InChI is InChI=1S/C14H17NO7/c1-20-12-5-4-9(6-11(12)15(18)19)10(7-13(16)21-2)8-14(17)22-3/h4-6,10H,7-8H2,1-3H3. The zero-order valence-electron chi connectivity index (χ0n) is 12.5. The lowest BCUT2D eigenvalue weighted by atomic mass is 9.92. The number of nitrogens with zero attached hydrogens (tertiary/aromatic N) is 1. The Bertz CT molecular complexity index is 552. The van der Waals surface area contributed by atoms with Crippen LogP contribution in [0.4, 0.5) is 5.69 Å². The van der Waals surface area contributed by atoms with Crippen molar-refractivity contribution < 1.29 is 28.7 Å². The summed E-state index contributed by atoms with van der Waals surface area (Å²) in [5.41, 5.74) is 0.225. The Kier molecular flexibility index (Phi) is 6.30. The molecule has 1 rings (SSSR count). The Morgan fingerprint density at radius 3 is 2.09 bits per heavy atom. The van der Waals surface area contributed by atoms with Crippen LogP contribution in [0.3, 0.4) is 0 Å². The molecule has 0 saturated heterocycles. The topological polar surface area (TPSA) is 105 Å². The first-order chi connectivity index (χ1) is 10.4. The van der Waals surface area contributed by atoms with Crippen LogP contribution >= 0.6 is 0 Å². The lowest BCUT2D eigenvalue weighted by Crippen LogP contribution is -2.14. The molecule has 0 radical (unpaired) electrons. The van der Waals surface area contributed by atoms with Crippen molar-refractivity contribution in [1.29, 1.82) is 0 Å². The molecule has 8 heteroatoms. The number of carbonyl (C=O) groups is 2. The van der Waals surface area contributed by atoms with E-state index in [1.54, 1.807) is 6.07 Å². The molecule has 120 valence electrons. The van der Waals surface area contributed by atoms with Gasteiger partial charge in [-0.1, -0.05) is 6.07 Å². The fourth-order valence-electron chi connectivity index (χ4n) is 1.98. The molecule has 8 nitrogen and oxygen atoms in total. The molecule has 22 heavy (non-hydrogen) atoms. The summed E-state index contributed by atoms with van der Waals surface area (Å²) >= 11 is 0. The molecular formula is C14H17NO7. The summed E-state index contributed by atoms with van der Waals surface area (Å²) in [6.07, 6.45) is -0.176. The van der Waals surface area contributed by atoms with Crippen LogP contribution in [0.1, 0.15) is 24.3 Å². The monoisotopic (exact) mass is 311 g/mol. The number of hydrogen-bond acceptors (Lipinski definition) is 7. The van der Waals surface area contributed by atoms with E-state index in [0.717, 1.165) is 0 Å². The zero-order valence-corrected chi connectivity index (χ0v) is 12.5. The van der Waals surface area contributed by atoms with Crippen molar-refractivity contribution in [2.45, 2.75) is 18.8 Å². The van der Waals surface area contributed by atoms with Crippen LogP contribution in [0.5, 0.6) is 5.75 Å². The van der Waals surface area contributed by atoms with Gasteiger partial charge in [-0.05, 0) is 11.6 Å². The van der Waals surface area contributed by atoms with E-state index < -0.39 is 22.8 Å². The maximum Gasteiger partial charge on any atom is 0.311 e. The summed E-state index contributed by atoms with van der Waals surface area (Å²) < 4.78 is 14.1. The third kappa shape index (κ3) is 4.44. The zero-order chi connectivity index (χ0) is 16.7. The fraction of sp³-hybridized carbons (Fsp3) is 0.429. The third-order valence-electron chi connectivity index (χ3n) is 3.15. The van der Waals surface area contributed by atoms with Gasteiger partial charge in [0.15, 0.2) is 5.75 Å². The van der Waals surface area contributed by atoms with Crippen LogP contribution < -0.4 is 4.74 Å². The van der Waals surface area contributed by atoms with Gasteiger partial charge >= 0.3 is 17.6 Å². The predicted octanol–water partition coefficient (Wildman–Crippen LogP) is 1.81. The highest BCUT2D eigenvalue weighted by molar-refractivity contribution is 5.74. The summed E-state index contributed by atoms with van der Waals surface area (Å²) in [7, 11) is 3.78. The molecule has 0 atom stereocenters. The number of esters is 2. The molecule has 0 N–H and O–H groups in total. The maximum atomic E-state index is 11.5. The minimum Gasteiger partial charge on any atom is -0.490 e. The maximum absolute atomic E-state index is 11.5. The van der Waals surface area contributed by atoms with Crippen molar-refractivity contribution in [2.75, 3.05) is 21.3 Å². The van der Waals surface area contributed by atoms with Gasteiger partial charge in [0, 0.05) is 12.0 Å². The van der Waals surface area contributed by atoms with Crippen molar-refractivity contribution in [3.63, 3.8) is 0 Å². The summed E-state index contributed by atoms with van der Waals surface area (Å²) in [5, 5.41) is 11.1. The summed E-state index contributed by atoms with van der Waals surface area (Å²) in [4.78, 5) is 33.4. The second-order valence-corrected chi connectivity index (χ2v) is 4.45. The van der Waals surface area contributed by atoms with E-state index in [1.807, 2.05) is 0 Å². The highest BCUT2D eigenvalue weighted by Crippen LogP contribution is 2.33. The first-order valence-electron chi connectivity index (χ1n) is 6.38. The van der Waals surface area contributed by atoms with Gasteiger partial charge in [-0.3, -0.25) is 19.7 Å². The second-order valence-electron chi connectivity index (χ2n) is 4.45. The number of rotatable bonds is 7. The van der Waals surface area contributed by atoms with Gasteiger partial charge in [-0.2, -0.15) is 0 Å². The van der Waals surface area contributed by atoms with E-state index in [2.05, 4.69) is 9.47 Å². The average molecular weight is 311 g/mol. The molecule has 0 aromatic heterocycles. The summed E-state index contributed by atoms with van der Waals surface area (Å²) in [5.74, 6) is -1.52. The van der Waals surface area contributed by atoms with E-state index in [0.29, 0.717) is 5.56 Å². The first-order valence-corrected chi connectivity index (χ1v) is 6.38. The Labute approximate surface area is 127 Å². The number of hydrogen-bond donors (Lipinski definition) is 0. The molecule has 0 amide bonds. The summed E-state index contributed by atoms with van der Waals surface area (Å²) in [6, 6.07) is 4.28. The minimum absolute atomic E-state index is 0.0882. The van der Waals surface area contributed by atoms with Gasteiger partial charge in [-0.15, -0.1) is 0 Å². The van der Waals surface area contributed by atoms with Crippen LogP contribution in [0.2, 0.25) is 0 Å². The SMILES string of the molecule is COC(=O)CC(CC(=O)OC)c1ccc(OC)c([N+](=O)[O-])c1. The Balaban J connectivity index is 3.17. The fourth-order valence-corrected chi connectivity index (χ4v) is 1.98. The van der Waals surface area contributed by atoms with Gasteiger partial charge in [-0.25, -0.2) is 0 Å². The van der Waals surface area contributed by atoms with Gasteiger partial charge in [0.25, 0.3) is 0 Å². The second kappa shape index (κ2) is 7.96. The van der Waals surface area contributed by atoms with E-state index in [1.165, 1.54) is 33.5 Å². The average Bonchev–Trinajstić information content (AvgIpc) is 2.52. The lowest BCUT2D eigenvalue weighted by molar-refractivity contribution is -0.385. The Hall–Kier alpha value is -2.64. The van der Waals surface area contributed by atoms with E-state index in [4.69, 9.17) is 4.74 Å². The number of nitro benzene ring substituents is 1. The van der Waals surface area contributed by atoms with Crippen molar-refractivity contribution in [3.8, 4) is 5.75 Å². The largest absolute Gasteiger partial charge is 0.490 e. The molecule has 0 aliphatic rings. The molecule has 0 saturated carbocycles. The van der Waals surface area contributed by atoms with Crippen LogP contribution in [0.15, 0.2) is 18.2 Å². The Morgan fingerprint density at radius 2 is 1.68 bits per heavy atom. The number of nitro groups is 1. The molecule has 0 bridgehead atoms. The molecule has 0 unspecified atom stereocenters. The highest BCUT2D eigenvalue weighted by atomic mass is 16.6. The lowest BCUT2D eigenvalue weighted by Gasteiger charge is -2.15. The minimum atomic E-state index is -0.588. The van der Waals surface area contributed by atoms with Crippen molar-refractivity contribution in [2.24, 2.45) is 0 Å². The smallest absolute Gasteiger partial charge is 0.311 e. The Morgan fingerprint density at radius 1 is 1.14 bits per heavy atom. The van der Waals surface area contributed by atoms with Gasteiger partial charge in [0.1, 0.15) is 0 Å². The van der Waals surface area contributed by atoms with Gasteiger partial charge in [0.2, 0.25) is 0 Å². The van der Waals surface area contributed by atoms with E-state index in [9.17, 15) is 19.7 Å². The van der Waals surface area contributed by atoms with Crippen molar-refractivity contribution in [3.05, 3.63) is 33.9 Å². The molecule has 0 fully saturated rings. The van der Waals surface area contributed by atoms with Crippen LogP contribution in [-0.2, 0) is 19.1 Å². The first kappa shape index (κ1) is 17.4. The molecule has 0 aliphatic heterocycles. The highest BCUT2D eigenvalue weighted by Gasteiger charge is 2.24. The molecule has 0 aliphatic carbocycles. The number of methoxy groups -OCH3 is 3. The summed E-state index contributed by atoms with van der Waals surface area (Å²) in [6.45, 7) is 0. The third-order valence-corrected chi connectivity index (χ3v) is 3.15. The number of ether oxygens (including phenoxy) is 3. The van der Waals surface area contributed by atoms with Gasteiger partial charge in [0.05, 0.1) is 39.1 Å². The van der Waals surface area contributed by atoms with Crippen molar-refractivity contribution >= 4 is 17.6 Å². The number of benzene rings is 1. The molecule has 1 aromatic carbocycles.